The molecule has 2 N–H and O–H groups in total. The van der Waals surface area contributed by atoms with Crippen LogP contribution < -0.4 is 15.5 Å². The molecule has 0 bridgehead atoms. The van der Waals surface area contributed by atoms with Gasteiger partial charge in [-0.25, -0.2) is 5.43 Å². The molecule has 1 fully saturated rings. The van der Waals surface area contributed by atoms with Crippen LogP contribution in [-0.2, 0) is 11.2 Å². The topological polar surface area (TPSA) is 53.6 Å². The summed E-state index contributed by atoms with van der Waals surface area (Å²) < 4.78 is 5.60. The molecule has 0 saturated carbocycles. The highest BCUT2D eigenvalue weighted by atomic mass is 16.5. The summed E-state index contributed by atoms with van der Waals surface area (Å²) >= 11 is 0. The van der Waals surface area contributed by atoms with Crippen molar-refractivity contribution in [3.63, 3.8) is 0 Å². The second kappa shape index (κ2) is 5.88. The van der Waals surface area contributed by atoms with Crippen molar-refractivity contribution >= 4 is 11.6 Å². The van der Waals surface area contributed by atoms with Gasteiger partial charge in [0.25, 0.3) is 5.91 Å². The van der Waals surface area contributed by atoms with Crippen LogP contribution in [0.5, 0.6) is 5.75 Å². The van der Waals surface area contributed by atoms with Gasteiger partial charge in [-0.3, -0.25) is 9.80 Å². The fourth-order valence-electron chi connectivity index (χ4n) is 4.23. The smallest absolute Gasteiger partial charge is 0.264 e. The lowest BCUT2D eigenvalue weighted by atomic mass is 9.90. The van der Waals surface area contributed by atoms with E-state index in [-0.39, 0.29) is 24.0 Å². The molecule has 3 aliphatic heterocycles. The molecule has 0 spiro atoms. The Morgan fingerprint density at radius 2 is 2.00 bits per heavy atom. The monoisotopic (exact) mass is 347 g/mol. The van der Waals surface area contributed by atoms with Crippen LogP contribution in [0.2, 0.25) is 0 Å². The number of hydrogen-bond acceptors (Lipinski definition) is 4. The maximum atomic E-state index is 12.7. The summed E-state index contributed by atoms with van der Waals surface area (Å²) in [6.45, 7) is 2.86. The first-order valence-electron chi connectivity index (χ1n) is 9.09. The van der Waals surface area contributed by atoms with E-state index in [1.54, 1.807) is 11.1 Å². The van der Waals surface area contributed by atoms with Crippen LogP contribution in [0, 0.1) is 0 Å². The zero-order chi connectivity index (χ0) is 17.7. The van der Waals surface area contributed by atoms with E-state index in [1.807, 2.05) is 30.3 Å². The van der Waals surface area contributed by atoms with E-state index in [0.29, 0.717) is 0 Å². The van der Waals surface area contributed by atoms with Crippen molar-refractivity contribution in [1.29, 1.82) is 0 Å². The van der Waals surface area contributed by atoms with E-state index >= 15 is 0 Å². The fourth-order valence-corrected chi connectivity index (χ4v) is 4.23. The van der Waals surface area contributed by atoms with Crippen LogP contribution in [0.25, 0.3) is 5.70 Å². The Kier molecular flexibility index (Phi) is 3.50. The van der Waals surface area contributed by atoms with Crippen molar-refractivity contribution < 1.29 is 9.53 Å². The van der Waals surface area contributed by atoms with Gasteiger partial charge >= 0.3 is 0 Å². The molecular formula is C21H21N3O2. The largest absolute Gasteiger partial charge is 0.493 e. The minimum Gasteiger partial charge on any atom is -0.493 e. The first-order valence-corrected chi connectivity index (χ1v) is 9.09. The number of rotatable bonds is 2. The van der Waals surface area contributed by atoms with E-state index in [9.17, 15) is 4.79 Å². The van der Waals surface area contributed by atoms with Gasteiger partial charge in [0.2, 0.25) is 0 Å². The summed E-state index contributed by atoms with van der Waals surface area (Å²) in [5.74, 6) is 1.13. The van der Waals surface area contributed by atoms with E-state index in [1.165, 1.54) is 11.1 Å². The number of nitrogens with one attached hydrogen (secondary N) is 2. The zero-order valence-electron chi connectivity index (χ0n) is 14.6. The van der Waals surface area contributed by atoms with Gasteiger partial charge in [0.05, 0.1) is 6.61 Å². The summed E-state index contributed by atoms with van der Waals surface area (Å²) in [4.78, 5) is 12.7. The molecule has 3 aliphatic rings. The number of carbonyl (C=O) groups excluding carboxylic acids is 1. The Hall–Kier alpha value is -2.79. The lowest BCUT2D eigenvalue weighted by Crippen LogP contribution is -2.52. The SMILES string of the molecule is CC1NN2C(=O)C=C(c3ccc4c(c3)CCO4)NC2C1c1ccccc1. The lowest BCUT2D eigenvalue weighted by molar-refractivity contribution is -0.130. The number of hydrogen-bond donors (Lipinski definition) is 2. The minimum absolute atomic E-state index is 0.00854. The van der Waals surface area contributed by atoms with Crippen molar-refractivity contribution in [3.05, 3.63) is 71.3 Å². The molecule has 5 nitrogen and oxygen atoms in total. The number of ether oxygens (including phenoxy) is 1. The standard InChI is InChI=1S/C21H21N3O2/c1-13-20(14-5-3-2-4-6-14)21-22-17(12-19(25)24(21)23-13)15-7-8-18-16(11-15)9-10-26-18/h2-8,11-13,20-23H,9-10H2,1H3. The highest BCUT2D eigenvalue weighted by Crippen LogP contribution is 2.35. The third kappa shape index (κ3) is 2.39. The number of carbonyl (C=O) groups is 1. The second-order valence-corrected chi connectivity index (χ2v) is 7.13. The predicted octanol–water partition coefficient (Wildman–Crippen LogP) is 2.41. The number of nitrogens with zero attached hydrogens (tertiary/aromatic N) is 1. The number of benzene rings is 2. The molecule has 3 heterocycles. The van der Waals surface area contributed by atoms with Crippen LogP contribution in [0.15, 0.2) is 54.6 Å². The molecule has 0 aromatic heterocycles. The van der Waals surface area contributed by atoms with Crippen LogP contribution in [-0.4, -0.2) is 29.7 Å². The Morgan fingerprint density at radius 1 is 1.15 bits per heavy atom. The molecule has 5 rings (SSSR count). The summed E-state index contributed by atoms with van der Waals surface area (Å²) in [5.41, 5.74) is 7.67. The van der Waals surface area contributed by atoms with Gasteiger partial charge in [-0.2, -0.15) is 0 Å². The fraction of sp³-hybridized carbons (Fsp3) is 0.286. The summed E-state index contributed by atoms with van der Waals surface area (Å²) in [6.07, 6.45) is 2.50. The van der Waals surface area contributed by atoms with Gasteiger partial charge in [0, 0.05) is 30.2 Å². The van der Waals surface area contributed by atoms with Crippen LogP contribution in [0.3, 0.4) is 0 Å². The highest BCUT2D eigenvalue weighted by Gasteiger charge is 2.44. The molecular weight excluding hydrogens is 326 g/mol. The Balaban J connectivity index is 1.50. The van der Waals surface area contributed by atoms with E-state index in [0.717, 1.165) is 30.0 Å². The number of hydrazine groups is 1. The average Bonchev–Trinajstić information content (AvgIpc) is 3.25. The van der Waals surface area contributed by atoms with Crippen molar-refractivity contribution in [3.8, 4) is 5.75 Å². The van der Waals surface area contributed by atoms with Gasteiger partial charge in [-0.15, -0.1) is 0 Å². The van der Waals surface area contributed by atoms with Gasteiger partial charge in [-0.05, 0) is 41.8 Å². The normalized spacial score (nSPS) is 26.7. The van der Waals surface area contributed by atoms with Crippen molar-refractivity contribution in [2.75, 3.05) is 6.61 Å². The molecule has 2 aromatic rings. The average molecular weight is 347 g/mol. The van der Waals surface area contributed by atoms with Crippen molar-refractivity contribution in [2.45, 2.75) is 31.5 Å². The maximum Gasteiger partial charge on any atom is 0.264 e. The van der Waals surface area contributed by atoms with Gasteiger partial charge in [0.1, 0.15) is 11.9 Å². The zero-order valence-corrected chi connectivity index (χ0v) is 14.6. The van der Waals surface area contributed by atoms with Gasteiger partial charge < -0.3 is 10.1 Å². The molecule has 3 unspecified atom stereocenters. The van der Waals surface area contributed by atoms with Crippen LogP contribution in [0.4, 0.5) is 0 Å². The molecule has 3 atom stereocenters. The maximum absolute atomic E-state index is 12.7. The molecule has 5 heteroatoms. The third-order valence-electron chi connectivity index (χ3n) is 5.49. The second-order valence-electron chi connectivity index (χ2n) is 7.13. The molecule has 132 valence electrons. The van der Waals surface area contributed by atoms with Gasteiger partial charge in [0.15, 0.2) is 0 Å². The molecule has 26 heavy (non-hydrogen) atoms. The molecule has 1 saturated heterocycles. The Labute approximate surface area is 152 Å². The number of fused-ring (bicyclic) bond motifs is 2. The summed E-state index contributed by atoms with van der Waals surface area (Å²) in [7, 11) is 0. The van der Waals surface area contributed by atoms with Crippen LogP contribution in [0.1, 0.15) is 29.5 Å². The van der Waals surface area contributed by atoms with Crippen molar-refractivity contribution in [2.24, 2.45) is 0 Å². The molecule has 2 aromatic carbocycles. The molecule has 0 aliphatic carbocycles. The summed E-state index contributed by atoms with van der Waals surface area (Å²) in [6, 6.07) is 16.7. The molecule has 0 radical (unpaired) electrons. The first kappa shape index (κ1) is 15.5. The first-order chi connectivity index (χ1) is 12.7. The van der Waals surface area contributed by atoms with Crippen molar-refractivity contribution in [1.82, 2.24) is 15.8 Å². The van der Waals surface area contributed by atoms with E-state index in [4.69, 9.17) is 4.74 Å². The third-order valence-corrected chi connectivity index (χ3v) is 5.49. The Bertz CT molecular complexity index is 893. The van der Waals surface area contributed by atoms with E-state index < -0.39 is 0 Å². The quantitative estimate of drug-likeness (QED) is 0.876. The van der Waals surface area contributed by atoms with Crippen LogP contribution >= 0.6 is 0 Å². The minimum atomic E-state index is -0.107. The van der Waals surface area contributed by atoms with Gasteiger partial charge in [-0.1, -0.05) is 30.3 Å². The summed E-state index contributed by atoms with van der Waals surface area (Å²) in [5, 5.41) is 5.32. The highest BCUT2D eigenvalue weighted by molar-refractivity contribution is 5.97. The Morgan fingerprint density at radius 3 is 2.85 bits per heavy atom. The van der Waals surface area contributed by atoms with E-state index in [2.05, 4.69) is 35.9 Å². The lowest BCUT2D eigenvalue weighted by Gasteiger charge is -2.33. The predicted molar refractivity (Wildman–Crippen MR) is 99.2 cm³/mol. The molecule has 1 amide bonds. The number of amides is 1.